The van der Waals surface area contributed by atoms with Crippen LogP contribution in [-0.4, -0.2) is 39.7 Å². The topological polar surface area (TPSA) is 156 Å². The number of nitrogens with one attached hydrogen (secondary N) is 2. The SMILES string of the molecule is CCC(C)(C)NC(=O)[C@@H](c1c[nH]c2ccccc12)N(C(=O)c1snc(C(N)=O)c1N)c1ccc(OC)cc1. The summed E-state index contributed by atoms with van der Waals surface area (Å²) in [6.07, 6.45) is 2.39. The number of para-hydroxylation sites is 1. The van der Waals surface area contributed by atoms with Crippen LogP contribution in [0.25, 0.3) is 10.9 Å². The summed E-state index contributed by atoms with van der Waals surface area (Å²) in [4.78, 5) is 44.7. The van der Waals surface area contributed by atoms with Crippen molar-refractivity contribution < 1.29 is 19.1 Å². The number of nitrogens with zero attached hydrogens (tertiary/aromatic N) is 2. The lowest BCUT2D eigenvalue weighted by molar-refractivity contribution is -0.124. The van der Waals surface area contributed by atoms with Gasteiger partial charge in [0, 0.05) is 33.9 Å². The molecular weight excluding hydrogens is 504 g/mol. The van der Waals surface area contributed by atoms with Crippen molar-refractivity contribution in [1.29, 1.82) is 0 Å². The zero-order chi connectivity index (χ0) is 27.6. The molecule has 0 radical (unpaired) electrons. The normalized spacial score (nSPS) is 12.2. The summed E-state index contributed by atoms with van der Waals surface area (Å²) < 4.78 is 9.29. The summed E-state index contributed by atoms with van der Waals surface area (Å²) in [6, 6.07) is 13.2. The fourth-order valence-corrected chi connectivity index (χ4v) is 4.82. The Kier molecular flexibility index (Phi) is 7.40. The molecule has 198 valence electrons. The third-order valence-electron chi connectivity index (χ3n) is 6.49. The molecule has 1 atom stereocenters. The fraction of sp³-hybridized carbons (Fsp3) is 0.259. The van der Waals surface area contributed by atoms with Crippen LogP contribution in [0.3, 0.4) is 0 Å². The fourth-order valence-electron chi connectivity index (χ4n) is 4.07. The predicted octanol–water partition coefficient (Wildman–Crippen LogP) is 4.01. The van der Waals surface area contributed by atoms with Crippen molar-refractivity contribution in [2.75, 3.05) is 17.7 Å². The van der Waals surface area contributed by atoms with E-state index < -0.39 is 23.4 Å². The van der Waals surface area contributed by atoms with Crippen LogP contribution >= 0.6 is 11.5 Å². The number of hydrogen-bond acceptors (Lipinski definition) is 7. The van der Waals surface area contributed by atoms with Gasteiger partial charge in [-0.05, 0) is 62.1 Å². The predicted molar refractivity (Wildman–Crippen MR) is 148 cm³/mol. The molecule has 0 aliphatic carbocycles. The number of rotatable bonds is 9. The Hall–Kier alpha value is -4.38. The molecule has 0 saturated heterocycles. The zero-order valence-corrected chi connectivity index (χ0v) is 22.4. The molecule has 6 N–H and O–H groups in total. The third kappa shape index (κ3) is 5.05. The van der Waals surface area contributed by atoms with Gasteiger partial charge in [-0.1, -0.05) is 25.1 Å². The molecule has 0 saturated carbocycles. The molecule has 10 nitrogen and oxygen atoms in total. The second kappa shape index (κ2) is 10.5. The highest BCUT2D eigenvalue weighted by atomic mass is 32.1. The van der Waals surface area contributed by atoms with Crippen LogP contribution in [0, 0.1) is 0 Å². The van der Waals surface area contributed by atoms with Crippen LogP contribution in [0.1, 0.15) is 59.0 Å². The van der Waals surface area contributed by atoms with E-state index in [0.29, 0.717) is 23.4 Å². The molecule has 2 heterocycles. The van der Waals surface area contributed by atoms with Crippen molar-refractivity contribution >= 4 is 51.5 Å². The van der Waals surface area contributed by atoms with Gasteiger partial charge < -0.3 is 26.5 Å². The molecule has 2 aromatic heterocycles. The molecule has 0 fully saturated rings. The summed E-state index contributed by atoms with van der Waals surface area (Å²) in [7, 11) is 1.54. The number of anilines is 2. The van der Waals surface area contributed by atoms with E-state index in [2.05, 4.69) is 14.7 Å². The van der Waals surface area contributed by atoms with E-state index in [-0.39, 0.29) is 22.2 Å². The Labute approximate surface area is 224 Å². The monoisotopic (exact) mass is 534 g/mol. The molecule has 0 unspecified atom stereocenters. The van der Waals surface area contributed by atoms with Gasteiger partial charge >= 0.3 is 0 Å². The summed E-state index contributed by atoms with van der Waals surface area (Å²) in [6.45, 7) is 5.80. The molecule has 11 heteroatoms. The molecule has 38 heavy (non-hydrogen) atoms. The van der Waals surface area contributed by atoms with Gasteiger partial charge in [0.1, 0.15) is 16.7 Å². The molecule has 4 rings (SSSR count). The number of aromatic amines is 1. The number of benzene rings is 2. The molecule has 0 bridgehead atoms. The number of carbonyl (C=O) groups excluding carboxylic acids is 3. The van der Waals surface area contributed by atoms with Crippen LogP contribution < -0.4 is 26.4 Å². The number of ether oxygens (including phenoxy) is 1. The molecule has 0 spiro atoms. The van der Waals surface area contributed by atoms with E-state index in [1.807, 2.05) is 45.0 Å². The first-order valence-electron chi connectivity index (χ1n) is 12.0. The highest BCUT2D eigenvalue weighted by Gasteiger charge is 2.38. The van der Waals surface area contributed by atoms with Gasteiger partial charge in [-0.3, -0.25) is 19.3 Å². The number of nitrogen functional groups attached to an aromatic ring is 1. The van der Waals surface area contributed by atoms with Crippen LogP contribution in [0.15, 0.2) is 54.7 Å². The lowest BCUT2D eigenvalue weighted by Crippen LogP contribution is -2.50. The number of hydrogen-bond donors (Lipinski definition) is 4. The number of H-pyrrole nitrogens is 1. The van der Waals surface area contributed by atoms with Gasteiger partial charge in [0.05, 0.1) is 12.8 Å². The number of aromatic nitrogens is 2. The summed E-state index contributed by atoms with van der Waals surface area (Å²) in [5.41, 5.74) is 12.5. The van der Waals surface area contributed by atoms with Gasteiger partial charge in [0.2, 0.25) is 5.91 Å². The lowest BCUT2D eigenvalue weighted by atomic mass is 9.97. The van der Waals surface area contributed by atoms with E-state index in [4.69, 9.17) is 16.2 Å². The van der Waals surface area contributed by atoms with Crippen LogP contribution in [-0.2, 0) is 4.79 Å². The molecule has 3 amide bonds. The van der Waals surface area contributed by atoms with Crippen molar-refractivity contribution in [2.24, 2.45) is 5.73 Å². The second-order valence-electron chi connectivity index (χ2n) is 9.43. The highest BCUT2D eigenvalue weighted by molar-refractivity contribution is 7.09. The maximum atomic E-state index is 14.2. The van der Waals surface area contributed by atoms with Gasteiger partial charge in [-0.2, -0.15) is 4.37 Å². The summed E-state index contributed by atoms with van der Waals surface area (Å²) in [5.74, 6) is -1.25. The largest absolute Gasteiger partial charge is 0.497 e. The van der Waals surface area contributed by atoms with Crippen LogP contribution in [0.5, 0.6) is 5.75 Å². The maximum absolute atomic E-state index is 14.2. The Morgan fingerprint density at radius 2 is 1.84 bits per heavy atom. The minimum Gasteiger partial charge on any atom is -0.497 e. The van der Waals surface area contributed by atoms with Crippen LogP contribution in [0.2, 0.25) is 0 Å². The Morgan fingerprint density at radius 3 is 2.45 bits per heavy atom. The second-order valence-corrected chi connectivity index (χ2v) is 10.2. The maximum Gasteiger partial charge on any atom is 0.273 e. The number of nitrogens with two attached hydrogens (primary N) is 2. The van der Waals surface area contributed by atoms with Crippen molar-refractivity contribution in [1.82, 2.24) is 14.7 Å². The molecule has 2 aromatic carbocycles. The van der Waals surface area contributed by atoms with E-state index in [0.717, 1.165) is 22.4 Å². The zero-order valence-electron chi connectivity index (χ0n) is 21.6. The van der Waals surface area contributed by atoms with E-state index in [9.17, 15) is 14.4 Å². The first kappa shape index (κ1) is 26.7. The molecule has 4 aromatic rings. The van der Waals surface area contributed by atoms with Crippen molar-refractivity contribution in [3.05, 3.63) is 70.9 Å². The highest BCUT2D eigenvalue weighted by Crippen LogP contribution is 2.36. The quantitative estimate of drug-likeness (QED) is 0.254. The first-order valence-corrected chi connectivity index (χ1v) is 12.8. The van der Waals surface area contributed by atoms with E-state index >= 15 is 0 Å². The average molecular weight is 535 g/mol. The third-order valence-corrected chi connectivity index (χ3v) is 7.34. The Balaban J connectivity index is 1.95. The molecule has 0 aliphatic heterocycles. The van der Waals surface area contributed by atoms with Gasteiger partial charge in [0.25, 0.3) is 11.8 Å². The van der Waals surface area contributed by atoms with E-state index in [1.165, 1.54) is 12.0 Å². The lowest BCUT2D eigenvalue weighted by Gasteiger charge is -2.34. The Morgan fingerprint density at radius 1 is 1.16 bits per heavy atom. The Bertz CT molecular complexity index is 1490. The number of primary amides is 1. The van der Waals surface area contributed by atoms with E-state index in [1.54, 1.807) is 30.5 Å². The van der Waals surface area contributed by atoms with Crippen molar-refractivity contribution in [3.8, 4) is 5.75 Å². The number of amides is 3. The minimum atomic E-state index is -1.10. The van der Waals surface area contributed by atoms with Crippen molar-refractivity contribution in [2.45, 2.75) is 38.8 Å². The van der Waals surface area contributed by atoms with Gasteiger partial charge in [-0.25, -0.2) is 0 Å². The summed E-state index contributed by atoms with van der Waals surface area (Å²) >= 11 is 0.760. The summed E-state index contributed by atoms with van der Waals surface area (Å²) in [5, 5.41) is 3.87. The molecular formula is C27H30N6O4S. The molecule has 0 aliphatic rings. The standard InChI is InChI=1S/C27H30N6O4S/c1-5-27(2,3)31-25(35)22(18-14-30-19-9-7-6-8-17(18)19)33(15-10-12-16(37-4)13-11-15)26(36)23-20(28)21(24(29)34)32-38-23/h6-14,22,30H,5,28H2,1-4H3,(H2,29,34)(H,31,35)/t22-/m1/s1. The smallest absolute Gasteiger partial charge is 0.273 e. The van der Waals surface area contributed by atoms with Crippen molar-refractivity contribution in [3.63, 3.8) is 0 Å². The van der Waals surface area contributed by atoms with Crippen LogP contribution in [0.4, 0.5) is 11.4 Å². The number of carbonyl (C=O) groups is 3. The first-order chi connectivity index (χ1) is 18.1. The number of fused-ring (bicyclic) bond motifs is 1. The van der Waals surface area contributed by atoms with Gasteiger partial charge in [0.15, 0.2) is 5.69 Å². The van der Waals surface area contributed by atoms with Gasteiger partial charge in [-0.15, -0.1) is 0 Å². The average Bonchev–Trinajstić information content (AvgIpc) is 3.50. The minimum absolute atomic E-state index is 0.00186. The number of methoxy groups -OCH3 is 1.